The minimum Gasteiger partial charge on any atom is -0.497 e. The van der Waals surface area contributed by atoms with E-state index in [1.54, 1.807) is 23.2 Å². The number of hydrogen-bond acceptors (Lipinski definition) is 8. The molecule has 0 spiro atoms. The molecule has 0 aliphatic rings. The summed E-state index contributed by atoms with van der Waals surface area (Å²) in [6.07, 6.45) is 0.281. The summed E-state index contributed by atoms with van der Waals surface area (Å²) in [4.78, 5) is 12.0. The number of nitriles is 1. The molecular formula is C16H14N6O2S2. The normalized spacial score (nSPS) is 10.3. The zero-order chi connectivity index (χ0) is 18.4. The molecule has 3 rings (SSSR count). The highest BCUT2D eigenvalue weighted by molar-refractivity contribution is 7.99. The molecule has 1 N–H and O–H groups in total. The van der Waals surface area contributed by atoms with Crippen molar-refractivity contribution in [3.8, 4) is 17.5 Å². The Morgan fingerprint density at radius 2 is 2.19 bits per heavy atom. The number of ether oxygens (including phenoxy) is 1. The molecule has 0 fully saturated rings. The van der Waals surface area contributed by atoms with Gasteiger partial charge in [-0.3, -0.25) is 4.79 Å². The predicted octanol–water partition coefficient (Wildman–Crippen LogP) is 2.72. The SMILES string of the molecule is COc1ccc(-n2nnnc2SCCC(=O)Nc2sccc2C#N)cc1. The maximum atomic E-state index is 12.0. The maximum Gasteiger partial charge on any atom is 0.225 e. The Bertz CT molecular complexity index is 929. The number of nitrogens with zero attached hydrogens (tertiary/aromatic N) is 5. The van der Waals surface area contributed by atoms with Gasteiger partial charge in [0, 0.05) is 12.2 Å². The number of amides is 1. The smallest absolute Gasteiger partial charge is 0.225 e. The molecule has 8 nitrogen and oxygen atoms in total. The molecule has 0 aliphatic heterocycles. The maximum absolute atomic E-state index is 12.0. The summed E-state index contributed by atoms with van der Waals surface area (Å²) >= 11 is 2.71. The van der Waals surface area contributed by atoms with Gasteiger partial charge in [-0.15, -0.1) is 16.4 Å². The number of carbonyl (C=O) groups excluding carboxylic acids is 1. The number of thiophene rings is 1. The lowest BCUT2D eigenvalue weighted by Gasteiger charge is -2.06. The van der Waals surface area contributed by atoms with Crippen LogP contribution in [0.3, 0.4) is 0 Å². The van der Waals surface area contributed by atoms with Crippen molar-refractivity contribution in [2.75, 3.05) is 18.2 Å². The predicted molar refractivity (Wildman–Crippen MR) is 98.7 cm³/mol. The molecule has 3 aromatic rings. The van der Waals surface area contributed by atoms with Gasteiger partial charge in [0.25, 0.3) is 0 Å². The Morgan fingerprint density at radius 3 is 2.92 bits per heavy atom. The van der Waals surface area contributed by atoms with Gasteiger partial charge in [-0.25, -0.2) is 0 Å². The highest BCUT2D eigenvalue weighted by Crippen LogP contribution is 2.23. The third kappa shape index (κ3) is 4.19. The van der Waals surface area contributed by atoms with Crippen molar-refractivity contribution >= 4 is 34.0 Å². The van der Waals surface area contributed by atoms with Gasteiger partial charge in [-0.05, 0) is 46.1 Å². The Morgan fingerprint density at radius 1 is 1.38 bits per heavy atom. The average Bonchev–Trinajstić information content (AvgIpc) is 3.31. The monoisotopic (exact) mass is 386 g/mol. The van der Waals surface area contributed by atoms with Crippen LogP contribution in [-0.4, -0.2) is 39.0 Å². The van der Waals surface area contributed by atoms with Crippen LogP contribution in [0.25, 0.3) is 5.69 Å². The van der Waals surface area contributed by atoms with Gasteiger partial charge in [-0.1, -0.05) is 11.8 Å². The second-order valence-electron chi connectivity index (χ2n) is 4.99. The first kappa shape index (κ1) is 17.9. The summed E-state index contributed by atoms with van der Waals surface area (Å²) in [5, 5.41) is 26.3. The van der Waals surface area contributed by atoms with E-state index in [9.17, 15) is 4.79 Å². The van der Waals surface area contributed by atoms with Gasteiger partial charge in [0.05, 0.1) is 18.4 Å². The van der Waals surface area contributed by atoms with E-state index in [1.165, 1.54) is 23.1 Å². The Balaban J connectivity index is 1.56. The lowest BCUT2D eigenvalue weighted by atomic mass is 10.3. The lowest BCUT2D eigenvalue weighted by molar-refractivity contribution is -0.115. The summed E-state index contributed by atoms with van der Waals surface area (Å²) in [7, 11) is 1.61. The number of tetrazole rings is 1. The van der Waals surface area contributed by atoms with Crippen LogP contribution < -0.4 is 10.1 Å². The second-order valence-corrected chi connectivity index (χ2v) is 6.97. The van der Waals surface area contributed by atoms with E-state index < -0.39 is 0 Å². The number of rotatable bonds is 7. The zero-order valence-electron chi connectivity index (χ0n) is 13.7. The quantitative estimate of drug-likeness (QED) is 0.622. The number of aromatic nitrogens is 4. The molecular weight excluding hydrogens is 372 g/mol. The van der Waals surface area contributed by atoms with Crippen LogP contribution in [0.2, 0.25) is 0 Å². The van der Waals surface area contributed by atoms with Crippen LogP contribution >= 0.6 is 23.1 Å². The van der Waals surface area contributed by atoms with E-state index in [0.29, 0.717) is 21.5 Å². The largest absolute Gasteiger partial charge is 0.497 e. The zero-order valence-corrected chi connectivity index (χ0v) is 15.4. The number of thioether (sulfide) groups is 1. The molecule has 26 heavy (non-hydrogen) atoms. The molecule has 0 bridgehead atoms. The van der Waals surface area contributed by atoms with Gasteiger partial charge in [0.1, 0.15) is 16.8 Å². The van der Waals surface area contributed by atoms with E-state index in [-0.39, 0.29) is 12.3 Å². The fraction of sp³-hybridized carbons (Fsp3) is 0.188. The van der Waals surface area contributed by atoms with E-state index in [0.717, 1.165) is 11.4 Å². The number of benzene rings is 1. The van der Waals surface area contributed by atoms with E-state index >= 15 is 0 Å². The van der Waals surface area contributed by atoms with Gasteiger partial charge >= 0.3 is 0 Å². The van der Waals surface area contributed by atoms with Crippen molar-refractivity contribution < 1.29 is 9.53 Å². The molecule has 1 aromatic carbocycles. The number of carbonyl (C=O) groups is 1. The summed E-state index contributed by atoms with van der Waals surface area (Å²) < 4.78 is 6.74. The van der Waals surface area contributed by atoms with E-state index in [2.05, 4.69) is 20.8 Å². The Labute approximate surface area is 157 Å². The molecule has 0 saturated carbocycles. The van der Waals surface area contributed by atoms with E-state index in [1.807, 2.05) is 30.3 Å². The molecule has 0 saturated heterocycles. The summed E-state index contributed by atoms with van der Waals surface area (Å²) in [6.45, 7) is 0. The van der Waals surface area contributed by atoms with Crippen LogP contribution in [0.4, 0.5) is 5.00 Å². The molecule has 0 radical (unpaired) electrons. The van der Waals surface area contributed by atoms with Crippen molar-refractivity contribution in [3.63, 3.8) is 0 Å². The van der Waals surface area contributed by atoms with Crippen LogP contribution in [0.5, 0.6) is 5.75 Å². The first-order valence-electron chi connectivity index (χ1n) is 7.54. The molecule has 0 atom stereocenters. The van der Waals surface area contributed by atoms with Gasteiger partial charge in [-0.2, -0.15) is 9.94 Å². The lowest BCUT2D eigenvalue weighted by Crippen LogP contribution is -2.12. The second kappa shape index (κ2) is 8.46. The van der Waals surface area contributed by atoms with Crippen LogP contribution in [-0.2, 0) is 4.79 Å². The number of methoxy groups -OCH3 is 1. The van der Waals surface area contributed by atoms with Crippen molar-refractivity contribution in [1.82, 2.24) is 20.2 Å². The first-order chi connectivity index (χ1) is 12.7. The molecule has 2 heterocycles. The summed E-state index contributed by atoms with van der Waals surface area (Å²) in [5.41, 5.74) is 1.28. The van der Waals surface area contributed by atoms with Crippen LogP contribution in [0.15, 0.2) is 40.9 Å². The van der Waals surface area contributed by atoms with E-state index in [4.69, 9.17) is 10.00 Å². The van der Waals surface area contributed by atoms with Crippen molar-refractivity contribution in [1.29, 1.82) is 5.26 Å². The van der Waals surface area contributed by atoms with Gasteiger partial charge < -0.3 is 10.1 Å². The molecule has 10 heteroatoms. The van der Waals surface area contributed by atoms with Crippen molar-refractivity contribution in [2.45, 2.75) is 11.6 Å². The third-order valence-corrected chi connectivity index (χ3v) is 5.11. The van der Waals surface area contributed by atoms with Gasteiger partial charge in [0.2, 0.25) is 11.1 Å². The fourth-order valence-corrected chi connectivity index (χ4v) is 3.65. The Kier molecular flexibility index (Phi) is 5.83. The molecule has 1 amide bonds. The van der Waals surface area contributed by atoms with Crippen LogP contribution in [0.1, 0.15) is 12.0 Å². The number of anilines is 1. The minimum atomic E-state index is -0.153. The van der Waals surface area contributed by atoms with Crippen molar-refractivity contribution in [3.05, 3.63) is 41.3 Å². The summed E-state index contributed by atoms with van der Waals surface area (Å²) in [6, 6.07) is 11.1. The number of hydrogen-bond donors (Lipinski definition) is 1. The van der Waals surface area contributed by atoms with Crippen molar-refractivity contribution in [2.24, 2.45) is 0 Å². The third-order valence-electron chi connectivity index (χ3n) is 3.36. The molecule has 132 valence electrons. The topological polar surface area (TPSA) is 106 Å². The number of nitrogens with one attached hydrogen (secondary N) is 1. The summed E-state index contributed by atoms with van der Waals surface area (Å²) in [5.74, 6) is 1.10. The molecule has 0 aliphatic carbocycles. The molecule has 2 aromatic heterocycles. The Hall–Kier alpha value is -2.90. The standard InChI is InChI=1S/C16H14N6O2S2/c1-24-13-4-2-12(3-5-13)22-16(19-20-21-22)26-9-7-14(23)18-15-11(10-17)6-8-25-15/h2-6,8H,7,9H2,1H3,(H,18,23). The van der Waals surface area contributed by atoms with Crippen LogP contribution in [0, 0.1) is 11.3 Å². The average molecular weight is 386 g/mol. The fourth-order valence-electron chi connectivity index (χ4n) is 2.07. The van der Waals surface area contributed by atoms with Gasteiger partial charge in [0.15, 0.2) is 0 Å². The molecule has 0 unspecified atom stereocenters. The minimum absolute atomic E-state index is 0.153. The first-order valence-corrected chi connectivity index (χ1v) is 9.41. The highest BCUT2D eigenvalue weighted by atomic mass is 32.2. The highest BCUT2D eigenvalue weighted by Gasteiger charge is 2.12.